The van der Waals surface area contributed by atoms with Gasteiger partial charge in [-0.3, -0.25) is 15.1 Å². The van der Waals surface area contributed by atoms with Crippen LogP contribution in [0.25, 0.3) is 6.08 Å². The van der Waals surface area contributed by atoms with Crippen LogP contribution in [0.5, 0.6) is 0 Å². The molecule has 0 aromatic carbocycles. The van der Waals surface area contributed by atoms with Gasteiger partial charge < -0.3 is 5.11 Å². The first-order valence-electron chi connectivity index (χ1n) is 5.58. The number of nitrogens with one attached hydrogen (secondary N) is 1. The fraction of sp³-hybridized carbons (Fsp3) is 0.0833. The lowest BCUT2D eigenvalue weighted by Crippen LogP contribution is -2.16. The van der Waals surface area contributed by atoms with E-state index < -0.39 is 11.9 Å². The van der Waals surface area contributed by atoms with E-state index in [2.05, 4.69) is 20.4 Å². The molecule has 0 aliphatic heterocycles. The van der Waals surface area contributed by atoms with Crippen molar-refractivity contribution in [3.63, 3.8) is 0 Å². The number of hydrogen-bond donors (Lipinski definition) is 2. The van der Waals surface area contributed by atoms with Crippen LogP contribution in [-0.4, -0.2) is 36.7 Å². The molecule has 20 heavy (non-hydrogen) atoms. The second kappa shape index (κ2) is 5.74. The number of nitrogens with zero attached hydrogens (tertiary/aromatic N) is 4. The number of amides is 1. The Balaban J connectivity index is 2.26. The Labute approximate surface area is 113 Å². The molecule has 102 valence electrons. The zero-order valence-corrected chi connectivity index (χ0v) is 10.5. The van der Waals surface area contributed by atoms with Crippen molar-refractivity contribution in [3.8, 4) is 0 Å². The molecule has 2 heterocycles. The van der Waals surface area contributed by atoms with E-state index in [-0.39, 0.29) is 0 Å². The predicted octanol–water partition coefficient (Wildman–Crippen LogP) is 0.560. The second-order valence-corrected chi connectivity index (χ2v) is 3.80. The maximum Gasteiger partial charge on any atom is 0.328 e. The molecule has 2 aromatic heterocycles. The Bertz CT molecular complexity index is 677. The second-order valence-electron chi connectivity index (χ2n) is 3.80. The smallest absolute Gasteiger partial charge is 0.328 e. The Kier molecular flexibility index (Phi) is 3.85. The van der Waals surface area contributed by atoms with Crippen molar-refractivity contribution >= 4 is 23.9 Å². The first kappa shape index (κ1) is 13.4. The summed E-state index contributed by atoms with van der Waals surface area (Å²) in [5.41, 5.74) is 0.690. The highest BCUT2D eigenvalue weighted by molar-refractivity contribution is 6.06. The average molecular weight is 273 g/mol. The van der Waals surface area contributed by atoms with Crippen LogP contribution in [0.3, 0.4) is 0 Å². The maximum absolute atomic E-state index is 12.1. The predicted molar refractivity (Wildman–Crippen MR) is 69.9 cm³/mol. The van der Waals surface area contributed by atoms with Gasteiger partial charge in [0.15, 0.2) is 0 Å². The van der Waals surface area contributed by atoms with E-state index in [1.54, 1.807) is 7.05 Å². The van der Waals surface area contributed by atoms with E-state index in [4.69, 9.17) is 5.11 Å². The van der Waals surface area contributed by atoms with Gasteiger partial charge >= 0.3 is 5.97 Å². The van der Waals surface area contributed by atoms with Crippen molar-refractivity contribution in [2.75, 3.05) is 5.32 Å². The highest BCUT2D eigenvalue weighted by Gasteiger charge is 2.12. The van der Waals surface area contributed by atoms with E-state index in [1.165, 1.54) is 35.5 Å². The number of aromatic nitrogens is 4. The summed E-state index contributed by atoms with van der Waals surface area (Å²) in [5, 5.41) is 15.0. The minimum atomic E-state index is -1.10. The van der Waals surface area contributed by atoms with Crippen LogP contribution < -0.4 is 5.32 Å². The quantitative estimate of drug-likeness (QED) is 0.787. The van der Waals surface area contributed by atoms with Crippen LogP contribution in [0.4, 0.5) is 5.95 Å². The van der Waals surface area contributed by atoms with Crippen LogP contribution in [0, 0.1) is 0 Å². The summed E-state index contributed by atoms with van der Waals surface area (Å²) in [6.07, 6.45) is 6.42. The van der Waals surface area contributed by atoms with Gasteiger partial charge in [0.05, 0.1) is 5.56 Å². The Morgan fingerprint density at radius 3 is 2.90 bits per heavy atom. The minimum Gasteiger partial charge on any atom is -0.478 e. The number of aryl methyl sites for hydroxylation is 1. The first-order valence-corrected chi connectivity index (χ1v) is 5.58. The van der Waals surface area contributed by atoms with Gasteiger partial charge in [-0.15, -0.1) is 0 Å². The molecule has 1 amide bonds. The summed E-state index contributed by atoms with van der Waals surface area (Å²) in [4.78, 5) is 30.4. The molecular weight excluding hydrogens is 262 g/mol. The lowest BCUT2D eigenvalue weighted by molar-refractivity contribution is -0.131. The summed E-state index contributed by atoms with van der Waals surface area (Å²) in [6.45, 7) is 0. The number of rotatable bonds is 4. The van der Waals surface area contributed by atoms with Gasteiger partial charge in [0.1, 0.15) is 6.33 Å². The van der Waals surface area contributed by atoms with E-state index in [0.717, 1.165) is 6.08 Å². The number of pyridine rings is 1. The number of carboxylic acids is 1. The summed E-state index contributed by atoms with van der Waals surface area (Å²) in [5.74, 6) is -1.23. The van der Waals surface area contributed by atoms with Crippen LogP contribution in [0.15, 0.2) is 30.9 Å². The van der Waals surface area contributed by atoms with Gasteiger partial charge in [0.2, 0.25) is 5.95 Å². The van der Waals surface area contributed by atoms with Gasteiger partial charge in [0.25, 0.3) is 5.91 Å². The number of carboxylic acid groups (broad SMARTS) is 1. The van der Waals surface area contributed by atoms with Crippen LogP contribution in [0.2, 0.25) is 0 Å². The molecule has 8 nitrogen and oxygen atoms in total. The van der Waals surface area contributed by atoms with E-state index in [0.29, 0.717) is 17.1 Å². The summed E-state index contributed by atoms with van der Waals surface area (Å²) < 4.78 is 1.41. The van der Waals surface area contributed by atoms with Gasteiger partial charge in [-0.05, 0) is 12.1 Å². The molecular formula is C12H11N5O3. The monoisotopic (exact) mass is 273 g/mol. The molecule has 0 fully saturated rings. The van der Waals surface area contributed by atoms with Crippen molar-refractivity contribution < 1.29 is 14.7 Å². The van der Waals surface area contributed by atoms with Crippen molar-refractivity contribution in [2.45, 2.75) is 0 Å². The fourth-order valence-electron chi connectivity index (χ4n) is 1.49. The number of carbonyl (C=O) groups is 2. The molecule has 8 heteroatoms. The van der Waals surface area contributed by atoms with E-state index in [1.807, 2.05) is 0 Å². The van der Waals surface area contributed by atoms with Crippen molar-refractivity contribution in [1.82, 2.24) is 19.7 Å². The fourth-order valence-corrected chi connectivity index (χ4v) is 1.49. The number of aliphatic carboxylic acids is 1. The standard InChI is InChI=1S/C12H11N5O3/c1-17-12(14-7-15-17)16-11(20)9-4-5-13-6-8(9)2-3-10(18)19/h2-7H,1H3,(H,18,19)(H,14,15,16,20)/b3-2+. The molecule has 0 atom stereocenters. The first-order chi connectivity index (χ1) is 9.58. The third-order valence-corrected chi connectivity index (χ3v) is 2.44. The van der Waals surface area contributed by atoms with Gasteiger partial charge in [-0.2, -0.15) is 10.1 Å². The number of anilines is 1. The molecule has 0 saturated heterocycles. The van der Waals surface area contributed by atoms with Crippen LogP contribution in [0.1, 0.15) is 15.9 Å². The van der Waals surface area contributed by atoms with Crippen LogP contribution >= 0.6 is 0 Å². The van der Waals surface area contributed by atoms with Crippen LogP contribution in [-0.2, 0) is 11.8 Å². The van der Waals surface area contributed by atoms with E-state index in [9.17, 15) is 9.59 Å². The molecule has 0 saturated carbocycles. The SMILES string of the molecule is Cn1ncnc1NC(=O)c1ccncc1/C=C/C(=O)O. The average Bonchev–Trinajstić information content (AvgIpc) is 2.82. The van der Waals surface area contributed by atoms with Gasteiger partial charge in [0, 0.05) is 31.1 Å². The molecule has 0 bridgehead atoms. The molecule has 0 unspecified atom stereocenters. The highest BCUT2D eigenvalue weighted by atomic mass is 16.4. The molecule has 0 aliphatic rings. The number of hydrogen-bond acceptors (Lipinski definition) is 5. The molecule has 2 rings (SSSR count). The largest absolute Gasteiger partial charge is 0.478 e. The highest BCUT2D eigenvalue weighted by Crippen LogP contribution is 2.11. The molecule has 2 aromatic rings. The molecule has 2 N–H and O–H groups in total. The maximum atomic E-state index is 12.1. The van der Waals surface area contributed by atoms with Gasteiger partial charge in [-0.1, -0.05) is 0 Å². The Hall–Kier alpha value is -3.03. The number of carbonyl (C=O) groups excluding carboxylic acids is 1. The third-order valence-electron chi connectivity index (χ3n) is 2.44. The Morgan fingerprint density at radius 2 is 2.25 bits per heavy atom. The van der Waals surface area contributed by atoms with Crippen molar-refractivity contribution in [3.05, 3.63) is 42.0 Å². The third kappa shape index (κ3) is 3.05. The van der Waals surface area contributed by atoms with Crippen molar-refractivity contribution in [2.24, 2.45) is 7.05 Å². The van der Waals surface area contributed by atoms with Crippen molar-refractivity contribution in [1.29, 1.82) is 0 Å². The summed E-state index contributed by atoms with van der Waals surface area (Å²) in [7, 11) is 1.64. The Morgan fingerprint density at radius 1 is 1.45 bits per heavy atom. The normalized spacial score (nSPS) is 10.7. The minimum absolute atomic E-state index is 0.292. The zero-order chi connectivity index (χ0) is 14.5. The molecule has 0 aliphatic carbocycles. The lowest BCUT2D eigenvalue weighted by Gasteiger charge is -2.06. The van der Waals surface area contributed by atoms with Gasteiger partial charge in [-0.25, -0.2) is 9.48 Å². The van der Waals surface area contributed by atoms with E-state index >= 15 is 0 Å². The topological polar surface area (TPSA) is 110 Å². The molecule has 0 radical (unpaired) electrons. The summed E-state index contributed by atoms with van der Waals surface area (Å²) in [6, 6.07) is 1.49. The zero-order valence-electron chi connectivity index (χ0n) is 10.5. The lowest BCUT2D eigenvalue weighted by atomic mass is 10.1. The molecule has 0 spiro atoms. The summed E-state index contributed by atoms with van der Waals surface area (Å²) >= 11 is 0.